The number of carbonyl (C=O) groups is 1. The number of halogens is 1. The number of piperidine rings is 1. The van der Waals surface area contributed by atoms with Gasteiger partial charge in [0.05, 0.1) is 6.04 Å². The first-order chi connectivity index (χ1) is 15.2. The maximum absolute atomic E-state index is 11.4. The van der Waals surface area contributed by atoms with Gasteiger partial charge < -0.3 is 10.2 Å². The molecule has 0 spiro atoms. The van der Waals surface area contributed by atoms with Crippen molar-refractivity contribution in [2.75, 3.05) is 11.9 Å². The zero-order valence-electron chi connectivity index (χ0n) is 16.8. The Balaban J connectivity index is 1.44. The molecular weight excluding hydrogens is 412 g/mol. The van der Waals surface area contributed by atoms with Gasteiger partial charge in [-0.2, -0.15) is 9.97 Å². The lowest BCUT2D eigenvalue weighted by Crippen LogP contribution is -2.32. The Morgan fingerprint density at radius 1 is 1.03 bits per heavy atom. The lowest BCUT2D eigenvalue weighted by atomic mass is 9.96. The van der Waals surface area contributed by atoms with Gasteiger partial charge in [-0.15, -0.1) is 0 Å². The Morgan fingerprint density at radius 3 is 2.61 bits per heavy atom. The zero-order valence-corrected chi connectivity index (χ0v) is 17.5. The first-order valence-electron chi connectivity index (χ1n) is 10.3. The van der Waals surface area contributed by atoms with Crippen molar-refractivity contribution in [1.29, 1.82) is 0 Å². The Bertz CT molecular complexity index is 1210. The third-order valence-electron chi connectivity index (χ3n) is 5.64. The monoisotopic (exact) mass is 432 g/mol. The topological polar surface area (TPSA) is 75.9 Å². The molecule has 1 aliphatic heterocycles. The molecule has 0 aliphatic carbocycles. The molecular formula is C23H21ClN6O. The van der Waals surface area contributed by atoms with E-state index in [1.54, 1.807) is 6.33 Å². The van der Waals surface area contributed by atoms with Crippen LogP contribution in [0.15, 0.2) is 60.9 Å². The number of hydrogen-bond donors (Lipinski definition) is 1. The molecule has 2 aromatic heterocycles. The van der Waals surface area contributed by atoms with E-state index in [1.165, 1.54) is 0 Å². The zero-order chi connectivity index (χ0) is 21.2. The molecule has 8 heteroatoms. The molecule has 2 aromatic carbocycles. The molecule has 1 unspecified atom stereocenters. The SMILES string of the molecule is O=CN1CCCCC1c1ccc(Nc2nc(Cl)nc3c2ncn3-c2ccccc2)cc1. The maximum atomic E-state index is 11.4. The maximum Gasteiger partial charge on any atom is 0.226 e. The number of likely N-dealkylation sites (tertiary alicyclic amines) is 1. The fraction of sp³-hybridized carbons (Fsp3) is 0.217. The number of aromatic nitrogens is 4. The van der Waals surface area contributed by atoms with E-state index in [9.17, 15) is 4.79 Å². The molecule has 1 fully saturated rings. The molecule has 156 valence electrons. The number of carbonyl (C=O) groups excluding carboxylic acids is 1. The van der Waals surface area contributed by atoms with Gasteiger partial charge in [-0.1, -0.05) is 30.3 Å². The molecule has 0 saturated carbocycles. The molecule has 7 nitrogen and oxygen atoms in total. The van der Waals surface area contributed by atoms with Crippen LogP contribution in [0.3, 0.4) is 0 Å². The fourth-order valence-corrected chi connectivity index (χ4v) is 4.27. The van der Waals surface area contributed by atoms with Crippen molar-refractivity contribution in [3.05, 3.63) is 71.8 Å². The molecule has 0 bridgehead atoms. The largest absolute Gasteiger partial charge is 0.338 e. The van der Waals surface area contributed by atoms with Crippen LogP contribution in [0.2, 0.25) is 5.28 Å². The Labute approximate surface area is 184 Å². The number of nitrogens with zero attached hydrogens (tertiary/aromatic N) is 5. The Kier molecular flexibility index (Phi) is 5.26. The van der Waals surface area contributed by atoms with E-state index in [2.05, 4.69) is 32.4 Å². The van der Waals surface area contributed by atoms with Crippen LogP contribution < -0.4 is 5.32 Å². The van der Waals surface area contributed by atoms with E-state index in [4.69, 9.17) is 11.6 Å². The van der Waals surface area contributed by atoms with Gasteiger partial charge in [-0.05, 0) is 60.7 Å². The van der Waals surface area contributed by atoms with Gasteiger partial charge in [0.15, 0.2) is 17.0 Å². The van der Waals surface area contributed by atoms with Crippen molar-refractivity contribution in [3.8, 4) is 5.69 Å². The van der Waals surface area contributed by atoms with Crippen molar-refractivity contribution >= 4 is 40.7 Å². The second-order valence-corrected chi connectivity index (χ2v) is 7.90. The third kappa shape index (κ3) is 3.84. The van der Waals surface area contributed by atoms with Gasteiger partial charge in [-0.25, -0.2) is 4.98 Å². The molecule has 1 aliphatic rings. The highest BCUT2D eigenvalue weighted by molar-refractivity contribution is 6.28. The predicted molar refractivity (Wildman–Crippen MR) is 121 cm³/mol. The second kappa shape index (κ2) is 8.35. The summed E-state index contributed by atoms with van der Waals surface area (Å²) in [5, 5.41) is 3.46. The molecule has 4 aromatic rings. The van der Waals surface area contributed by atoms with Gasteiger partial charge in [0, 0.05) is 17.9 Å². The van der Waals surface area contributed by atoms with Crippen LogP contribution >= 0.6 is 11.6 Å². The average Bonchev–Trinajstić information content (AvgIpc) is 3.24. The molecule has 1 N–H and O–H groups in total. The minimum atomic E-state index is 0.141. The quantitative estimate of drug-likeness (QED) is 0.358. The number of rotatable bonds is 5. The molecule has 1 saturated heterocycles. The van der Waals surface area contributed by atoms with Crippen molar-refractivity contribution in [3.63, 3.8) is 0 Å². The average molecular weight is 433 g/mol. The normalized spacial score (nSPS) is 16.4. The van der Waals surface area contributed by atoms with Crippen LogP contribution in [0.1, 0.15) is 30.9 Å². The van der Waals surface area contributed by atoms with E-state index >= 15 is 0 Å². The highest BCUT2D eigenvalue weighted by atomic mass is 35.5. The van der Waals surface area contributed by atoms with E-state index in [-0.39, 0.29) is 11.3 Å². The van der Waals surface area contributed by atoms with Crippen molar-refractivity contribution in [2.24, 2.45) is 0 Å². The summed E-state index contributed by atoms with van der Waals surface area (Å²) >= 11 is 6.22. The summed E-state index contributed by atoms with van der Waals surface area (Å²) < 4.78 is 1.88. The van der Waals surface area contributed by atoms with E-state index in [0.29, 0.717) is 17.0 Å². The van der Waals surface area contributed by atoms with Crippen LogP contribution in [0.5, 0.6) is 0 Å². The summed E-state index contributed by atoms with van der Waals surface area (Å²) in [6, 6.07) is 18.1. The third-order valence-corrected chi connectivity index (χ3v) is 5.81. The second-order valence-electron chi connectivity index (χ2n) is 7.57. The molecule has 31 heavy (non-hydrogen) atoms. The Hall–Kier alpha value is -3.45. The Morgan fingerprint density at radius 2 is 1.84 bits per heavy atom. The molecule has 1 atom stereocenters. The first-order valence-corrected chi connectivity index (χ1v) is 10.6. The number of amides is 1. The van der Waals surface area contributed by atoms with Gasteiger partial charge >= 0.3 is 0 Å². The van der Waals surface area contributed by atoms with Gasteiger partial charge in [-0.3, -0.25) is 9.36 Å². The summed E-state index contributed by atoms with van der Waals surface area (Å²) in [6.07, 6.45) is 5.87. The standard InChI is InChI=1S/C23H21ClN6O/c24-23-27-21(20-22(28-23)30(14-25-20)18-6-2-1-3-7-18)26-17-11-9-16(10-12-17)19-8-4-5-13-29(19)15-31/h1-3,6-7,9-12,14-15,19H,4-5,8,13H2,(H,26,27,28). The summed E-state index contributed by atoms with van der Waals surface area (Å²) in [4.78, 5) is 26.5. The van der Waals surface area contributed by atoms with Crippen molar-refractivity contribution in [1.82, 2.24) is 24.4 Å². The number of anilines is 2. The molecule has 5 rings (SSSR count). The smallest absolute Gasteiger partial charge is 0.226 e. The van der Waals surface area contributed by atoms with Crippen molar-refractivity contribution in [2.45, 2.75) is 25.3 Å². The molecule has 0 radical (unpaired) electrons. The summed E-state index contributed by atoms with van der Waals surface area (Å²) in [6.45, 7) is 0.815. The fourth-order valence-electron chi connectivity index (χ4n) is 4.10. The summed E-state index contributed by atoms with van der Waals surface area (Å²) in [5.41, 5.74) is 4.22. The van der Waals surface area contributed by atoms with Crippen LogP contribution in [-0.2, 0) is 4.79 Å². The van der Waals surface area contributed by atoms with E-state index in [0.717, 1.165) is 49.2 Å². The summed E-state index contributed by atoms with van der Waals surface area (Å²) in [7, 11) is 0. The highest BCUT2D eigenvalue weighted by Crippen LogP contribution is 2.31. The number of nitrogens with one attached hydrogen (secondary N) is 1. The van der Waals surface area contributed by atoms with Gasteiger partial charge in [0.1, 0.15) is 6.33 Å². The molecule has 3 heterocycles. The number of imidazole rings is 1. The van der Waals surface area contributed by atoms with Crippen LogP contribution in [0.4, 0.5) is 11.5 Å². The lowest BCUT2D eigenvalue weighted by molar-refractivity contribution is -0.121. The van der Waals surface area contributed by atoms with E-state index < -0.39 is 0 Å². The van der Waals surface area contributed by atoms with Crippen LogP contribution in [0.25, 0.3) is 16.9 Å². The predicted octanol–water partition coefficient (Wildman–Crippen LogP) is 4.90. The molecule has 1 amide bonds. The summed E-state index contributed by atoms with van der Waals surface area (Å²) in [5.74, 6) is 0.546. The minimum Gasteiger partial charge on any atom is -0.338 e. The highest BCUT2D eigenvalue weighted by Gasteiger charge is 2.22. The van der Waals surface area contributed by atoms with Gasteiger partial charge in [0.25, 0.3) is 0 Å². The van der Waals surface area contributed by atoms with Crippen LogP contribution in [0, 0.1) is 0 Å². The van der Waals surface area contributed by atoms with Crippen LogP contribution in [-0.4, -0.2) is 37.4 Å². The van der Waals surface area contributed by atoms with E-state index in [1.807, 2.05) is 51.9 Å². The number of fused-ring (bicyclic) bond motifs is 1. The number of hydrogen-bond acceptors (Lipinski definition) is 5. The number of para-hydroxylation sites is 1. The van der Waals surface area contributed by atoms with Crippen molar-refractivity contribution < 1.29 is 4.79 Å². The van der Waals surface area contributed by atoms with Gasteiger partial charge in [0.2, 0.25) is 11.7 Å². The lowest BCUT2D eigenvalue weighted by Gasteiger charge is -2.33. The minimum absolute atomic E-state index is 0.141. The number of benzene rings is 2. The first kappa shape index (κ1) is 19.5.